The van der Waals surface area contributed by atoms with Crippen molar-refractivity contribution in [3.05, 3.63) is 54.1 Å². The number of hydrogen-bond acceptors (Lipinski definition) is 6. The molecule has 1 unspecified atom stereocenters. The largest absolute Gasteiger partial charge is 0.390 e. The number of H-pyrrole nitrogens is 1. The van der Waals surface area contributed by atoms with Crippen LogP contribution >= 0.6 is 0 Å². The van der Waals surface area contributed by atoms with E-state index in [0.717, 1.165) is 37.1 Å². The van der Waals surface area contributed by atoms with E-state index in [-0.39, 0.29) is 31.1 Å². The first-order chi connectivity index (χ1) is 22.6. The van der Waals surface area contributed by atoms with Crippen LogP contribution in [0.25, 0.3) is 0 Å². The molecule has 5 N–H and O–H groups in total. The molecule has 1 fully saturated rings. The zero-order valence-corrected chi connectivity index (χ0v) is 28.4. The number of aliphatic hydroxyl groups excluding tert-OH is 2. The number of aromatic amines is 1. The van der Waals surface area contributed by atoms with E-state index in [0.29, 0.717) is 38.1 Å². The first-order valence-electron chi connectivity index (χ1n) is 17.2. The van der Waals surface area contributed by atoms with Crippen LogP contribution in [0, 0.1) is 30.1 Å². The second-order valence-corrected chi connectivity index (χ2v) is 13.5. The number of nitrogens with zero attached hydrogens (tertiary/aromatic N) is 2. The van der Waals surface area contributed by atoms with Gasteiger partial charge >= 0.3 is 0 Å². The molecule has 2 aromatic rings. The van der Waals surface area contributed by atoms with E-state index in [9.17, 15) is 24.6 Å². The van der Waals surface area contributed by atoms with E-state index in [1.807, 2.05) is 44.2 Å². The summed E-state index contributed by atoms with van der Waals surface area (Å²) in [5, 5.41) is 27.9. The summed E-state index contributed by atoms with van der Waals surface area (Å²) in [5.41, 5.74) is 0.901. The van der Waals surface area contributed by atoms with Crippen molar-refractivity contribution in [1.29, 1.82) is 0 Å². The number of carbonyl (C=O) groups excluding carboxylic acids is 3. The number of aromatic nitrogens is 2. The molecular formula is C37H55N5O5. The van der Waals surface area contributed by atoms with Crippen molar-refractivity contribution >= 4 is 17.7 Å². The van der Waals surface area contributed by atoms with Crippen LogP contribution in [0.15, 0.2) is 42.7 Å². The molecule has 3 amide bonds. The minimum Gasteiger partial charge on any atom is -0.390 e. The molecule has 1 heterocycles. The molecule has 0 bridgehead atoms. The molecule has 1 aromatic heterocycles. The molecule has 47 heavy (non-hydrogen) atoms. The molecule has 10 heteroatoms. The Labute approximate surface area is 280 Å². The molecular weight excluding hydrogens is 594 g/mol. The highest BCUT2D eigenvalue weighted by Gasteiger charge is 2.34. The number of imidazole rings is 1. The van der Waals surface area contributed by atoms with E-state index >= 15 is 0 Å². The molecule has 0 saturated heterocycles. The maximum absolute atomic E-state index is 13.9. The number of carbonyl (C=O) groups is 3. The lowest BCUT2D eigenvalue weighted by Gasteiger charge is -2.34. The van der Waals surface area contributed by atoms with E-state index < -0.39 is 42.0 Å². The fourth-order valence-electron chi connectivity index (χ4n) is 6.38. The predicted molar refractivity (Wildman–Crippen MR) is 183 cm³/mol. The molecule has 1 saturated carbocycles. The van der Waals surface area contributed by atoms with Gasteiger partial charge in [0.25, 0.3) is 0 Å². The first-order valence-corrected chi connectivity index (χ1v) is 17.2. The summed E-state index contributed by atoms with van der Waals surface area (Å²) in [7, 11) is 1.71. The molecule has 10 nitrogen and oxygen atoms in total. The van der Waals surface area contributed by atoms with Gasteiger partial charge in [-0.2, -0.15) is 0 Å². The summed E-state index contributed by atoms with van der Waals surface area (Å²) in [4.78, 5) is 49.8. The summed E-state index contributed by atoms with van der Waals surface area (Å²) in [6.45, 7) is 4.39. The molecule has 1 aromatic carbocycles. The Kier molecular flexibility index (Phi) is 16.0. The zero-order chi connectivity index (χ0) is 34.2. The number of hydrogen-bond donors (Lipinski definition) is 5. The summed E-state index contributed by atoms with van der Waals surface area (Å²) in [5.74, 6) is 2.05. The molecule has 1 aliphatic rings. The Hall–Kier alpha value is -3.68. The quantitative estimate of drug-likeness (QED) is 0.146. The maximum Gasteiger partial charge on any atom is 0.242 e. The van der Waals surface area contributed by atoms with Gasteiger partial charge in [0.1, 0.15) is 18.0 Å². The van der Waals surface area contributed by atoms with E-state index in [1.165, 1.54) is 6.42 Å². The Morgan fingerprint density at radius 1 is 1.09 bits per heavy atom. The van der Waals surface area contributed by atoms with Gasteiger partial charge in [0.2, 0.25) is 17.7 Å². The van der Waals surface area contributed by atoms with Gasteiger partial charge in [0.05, 0.1) is 18.1 Å². The monoisotopic (exact) mass is 649 g/mol. The minimum absolute atomic E-state index is 0.0384. The molecule has 5 atom stereocenters. The lowest BCUT2D eigenvalue weighted by molar-refractivity contribution is -0.137. The molecule has 1 aliphatic carbocycles. The van der Waals surface area contributed by atoms with Crippen molar-refractivity contribution in [3.63, 3.8) is 0 Å². The Morgan fingerprint density at radius 2 is 1.81 bits per heavy atom. The van der Waals surface area contributed by atoms with Crippen molar-refractivity contribution in [3.8, 4) is 12.3 Å². The van der Waals surface area contributed by atoms with Crippen LogP contribution in [0.2, 0.25) is 0 Å². The van der Waals surface area contributed by atoms with Crippen molar-refractivity contribution in [2.24, 2.45) is 17.8 Å². The molecule has 0 aliphatic heterocycles. The average molecular weight is 650 g/mol. The number of nitrogens with one attached hydrogen (secondary N) is 3. The lowest BCUT2D eigenvalue weighted by Crippen LogP contribution is -2.56. The maximum atomic E-state index is 13.9. The summed E-state index contributed by atoms with van der Waals surface area (Å²) < 4.78 is 0. The molecule has 3 rings (SSSR count). The standard InChI is InChI=1S/C37H55N5O5/c1-5-6-17-30(37(47)41-31(24-28-15-11-8-12-16-28)35(45)32(43)22-26(2)3)40-36(46)29(23-27-13-9-7-10-14-27)25-34(44)42(4)21-18-33-38-19-20-39-33/h1,7,9-10,13-14,19-20,26,28-32,35,43,45H,6,8,11-12,15-18,21-25H2,2-4H3,(H,38,39)(H,40,46)(H,41,47)/t29?,30-,31-,32-,35+/m0/s1. The van der Waals surface area contributed by atoms with Crippen LogP contribution < -0.4 is 10.6 Å². The molecule has 0 spiro atoms. The van der Waals surface area contributed by atoms with Crippen LogP contribution in [0.3, 0.4) is 0 Å². The van der Waals surface area contributed by atoms with Gasteiger partial charge in [0.15, 0.2) is 0 Å². The lowest BCUT2D eigenvalue weighted by atomic mass is 9.82. The summed E-state index contributed by atoms with van der Waals surface area (Å²) in [6, 6.07) is 7.84. The third kappa shape index (κ3) is 13.2. The highest BCUT2D eigenvalue weighted by molar-refractivity contribution is 5.91. The minimum atomic E-state index is -1.15. The van der Waals surface area contributed by atoms with Crippen molar-refractivity contribution in [2.75, 3.05) is 13.6 Å². The number of terminal acetylenes is 1. The van der Waals surface area contributed by atoms with Crippen LogP contribution in [-0.4, -0.2) is 80.7 Å². The Morgan fingerprint density at radius 3 is 2.45 bits per heavy atom. The van der Waals surface area contributed by atoms with Crippen LogP contribution in [0.4, 0.5) is 0 Å². The second kappa shape index (κ2) is 19.9. The molecule has 0 radical (unpaired) electrons. The third-order valence-corrected chi connectivity index (χ3v) is 9.15. The van der Waals surface area contributed by atoms with Gasteiger partial charge in [-0.15, -0.1) is 12.3 Å². The fourth-order valence-corrected chi connectivity index (χ4v) is 6.38. The number of rotatable bonds is 19. The van der Waals surface area contributed by atoms with Crippen LogP contribution in [-0.2, 0) is 27.2 Å². The number of amides is 3. The topological polar surface area (TPSA) is 148 Å². The highest BCUT2D eigenvalue weighted by Crippen LogP contribution is 2.29. The number of likely N-dealkylation sites (N-methyl/N-ethyl adjacent to an activating group) is 1. The van der Waals surface area contributed by atoms with E-state index in [2.05, 4.69) is 26.5 Å². The van der Waals surface area contributed by atoms with E-state index in [4.69, 9.17) is 6.42 Å². The van der Waals surface area contributed by atoms with Crippen LogP contribution in [0.5, 0.6) is 0 Å². The Bertz CT molecular complexity index is 1260. The van der Waals surface area contributed by atoms with Gasteiger partial charge in [-0.05, 0) is 43.1 Å². The van der Waals surface area contributed by atoms with Gasteiger partial charge < -0.3 is 30.7 Å². The van der Waals surface area contributed by atoms with Crippen LogP contribution in [0.1, 0.15) is 89.4 Å². The van der Waals surface area contributed by atoms with Gasteiger partial charge in [-0.1, -0.05) is 76.3 Å². The van der Waals surface area contributed by atoms with E-state index in [1.54, 1.807) is 24.3 Å². The normalized spacial score (nSPS) is 16.8. The van der Waals surface area contributed by atoms with Crippen molar-refractivity contribution in [2.45, 2.75) is 115 Å². The zero-order valence-electron chi connectivity index (χ0n) is 28.4. The van der Waals surface area contributed by atoms with Crippen molar-refractivity contribution < 1.29 is 24.6 Å². The average Bonchev–Trinajstić information content (AvgIpc) is 3.59. The molecule has 258 valence electrons. The Balaban J connectivity index is 1.75. The summed E-state index contributed by atoms with van der Waals surface area (Å²) in [6.07, 6.45) is 14.5. The van der Waals surface area contributed by atoms with Gasteiger partial charge in [-0.25, -0.2) is 4.98 Å². The smallest absolute Gasteiger partial charge is 0.242 e. The number of benzene rings is 1. The predicted octanol–water partition coefficient (Wildman–Crippen LogP) is 3.78. The van der Waals surface area contributed by atoms with Gasteiger partial charge in [0, 0.05) is 45.2 Å². The second-order valence-electron chi connectivity index (χ2n) is 13.5. The first kappa shape index (κ1) is 37.8. The number of aliphatic hydroxyl groups is 2. The van der Waals surface area contributed by atoms with Gasteiger partial charge in [-0.3, -0.25) is 14.4 Å². The third-order valence-electron chi connectivity index (χ3n) is 9.15. The van der Waals surface area contributed by atoms with Crippen molar-refractivity contribution in [1.82, 2.24) is 25.5 Å². The SMILES string of the molecule is C#CCC[C@H](NC(=O)C(CC(=O)N(C)CCc1ncc[nH]1)Cc1ccccc1)C(=O)N[C@@H](CC1CCCCC1)[C@@H](O)[C@@H](O)CC(C)C. The highest BCUT2D eigenvalue weighted by atomic mass is 16.3. The fraction of sp³-hybridized carbons (Fsp3) is 0.622. The summed E-state index contributed by atoms with van der Waals surface area (Å²) >= 11 is 0.